The highest BCUT2D eigenvalue weighted by Crippen LogP contribution is 2.41. The van der Waals surface area contributed by atoms with Gasteiger partial charge in [0, 0.05) is 159 Å². The molecule has 0 fully saturated rings. The van der Waals surface area contributed by atoms with Crippen molar-refractivity contribution in [2.24, 2.45) is 42.3 Å². The molecule has 42 heteroatoms. The van der Waals surface area contributed by atoms with Crippen LogP contribution in [-0.2, 0) is 100 Å². The smallest absolute Gasteiger partial charge is 0.291 e. The molecule has 7 heterocycles. The summed E-state index contributed by atoms with van der Waals surface area (Å²) in [6.07, 6.45) is 10.4. The van der Waals surface area contributed by atoms with Crippen LogP contribution in [0, 0.1) is 19.7 Å². The topological polar surface area (TPSA) is 496 Å². The zero-order valence-corrected chi connectivity index (χ0v) is 72.8. The SMILES string of the molecule is Cc1cc(F)cc(C)c1Oc1ccc(C(C)(C)O)cc1-c1cn(C)c(=O)c2[nH]c(C(=O)Nc3ccc(OCCOCCOCCOCCOCCOCCOCCOCCOCCNC(=O)CCNC(=O)c4nc(NC(=O)CCNC(=O)c5cc(NC(=O)c6nc(NC(=O)CCNC(=O)c7cc(NC(=O)c8nccn8C)cn7C)cn6C)cn5C)cn4C)c(O)c3)cc12. The largest absolute Gasteiger partial charge is 0.504 e. The Balaban J connectivity index is 0.478. The second-order valence-corrected chi connectivity index (χ2v) is 29.9. The molecule has 10 aromatic rings. The van der Waals surface area contributed by atoms with Crippen LogP contribution in [0.4, 0.5) is 33.1 Å². The molecule has 0 saturated carbocycles. The van der Waals surface area contributed by atoms with Crippen LogP contribution < -0.4 is 62.9 Å². The van der Waals surface area contributed by atoms with Gasteiger partial charge in [0.25, 0.3) is 41.0 Å². The fourth-order valence-corrected chi connectivity index (χ4v) is 12.9. The first-order valence-corrected chi connectivity index (χ1v) is 41.0. The van der Waals surface area contributed by atoms with Crippen LogP contribution in [0.1, 0.15) is 113 Å². The Kier molecular flexibility index (Phi) is 35.7. The van der Waals surface area contributed by atoms with Crippen LogP contribution in [0.2, 0.25) is 0 Å². The Bertz CT molecular complexity index is 5580. The van der Waals surface area contributed by atoms with E-state index in [0.29, 0.717) is 143 Å². The van der Waals surface area contributed by atoms with Crippen molar-refractivity contribution in [3.8, 4) is 34.1 Å². The number of imidazole rings is 3. The maximum atomic E-state index is 14.3. The number of fused-ring (bicyclic) bond motifs is 1. The van der Waals surface area contributed by atoms with Gasteiger partial charge in [-0.15, -0.1) is 0 Å². The number of halogens is 1. The lowest BCUT2D eigenvalue weighted by Gasteiger charge is -2.22. The monoisotopic (exact) mass is 1780 g/mol. The summed E-state index contributed by atoms with van der Waals surface area (Å²) in [6, 6.07) is 16.8. The van der Waals surface area contributed by atoms with E-state index in [4.69, 9.17) is 47.4 Å². The molecule has 0 aliphatic rings. The van der Waals surface area contributed by atoms with E-state index < -0.39 is 64.2 Å². The molecule has 0 radical (unpaired) electrons. The Hall–Kier alpha value is -13.5. The normalized spacial score (nSPS) is 11.4. The third kappa shape index (κ3) is 28.5. The number of aliphatic hydroxyl groups is 1. The van der Waals surface area contributed by atoms with Crippen LogP contribution in [-0.4, -0.2) is 249 Å². The Morgan fingerprint density at radius 3 is 1.40 bits per heavy atom. The molecule has 0 aliphatic heterocycles. The minimum atomic E-state index is -1.25. The summed E-state index contributed by atoms with van der Waals surface area (Å²) >= 11 is 0. The lowest BCUT2D eigenvalue weighted by atomic mass is 9.93. The van der Waals surface area contributed by atoms with Crippen LogP contribution in [0.3, 0.4) is 0 Å². The van der Waals surface area contributed by atoms with Crippen molar-refractivity contribution in [3.05, 3.63) is 178 Å². The number of aromatic hydroxyl groups is 1. The molecule has 0 unspecified atom stereocenters. The number of aromatic amines is 1. The zero-order chi connectivity index (χ0) is 92.0. The van der Waals surface area contributed by atoms with E-state index >= 15 is 0 Å². The number of aryl methyl sites for hydroxylation is 8. The van der Waals surface area contributed by atoms with E-state index in [1.807, 2.05) is 0 Å². The molecule has 686 valence electrons. The second-order valence-electron chi connectivity index (χ2n) is 29.9. The van der Waals surface area contributed by atoms with E-state index in [1.54, 1.807) is 123 Å². The van der Waals surface area contributed by atoms with Gasteiger partial charge in [-0.3, -0.25) is 47.9 Å². The van der Waals surface area contributed by atoms with Gasteiger partial charge < -0.3 is 138 Å². The fraction of sp³-hybridized carbons (Fsp3) is 0.407. The van der Waals surface area contributed by atoms with Gasteiger partial charge in [0.05, 0.1) is 123 Å². The van der Waals surface area contributed by atoms with Crippen molar-refractivity contribution in [2.75, 3.05) is 165 Å². The van der Waals surface area contributed by atoms with Gasteiger partial charge in [-0.2, -0.15) is 0 Å². The number of carbonyl (C=O) groups is 9. The summed E-state index contributed by atoms with van der Waals surface area (Å²) in [6.45, 7) is 12.4. The van der Waals surface area contributed by atoms with Crippen molar-refractivity contribution >= 4 is 92.8 Å². The number of rotatable bonds is 52. The number of pyridine rings is 1. The maximum Gasteiger partial charge on any atom is 0.291 e. The summed E-state index contributed by atoms with van der Waals surface area (Å²) in [5, 5.41) is 46.2. The Labute approximate surface area is 734 Å². The number of hydrogen-bond acceptors (Lipinski definition) is 25. The zero-order valence-electron chi connectivity index (χ0n) is 72.8. The lowest BCUT2D eigenvalue weighted by molar-refractivity contribution is -0.121. The van der Waals surface area contributed by atoms with Crippen LogP contribution in [0.5, 0.6) is 23.0 Å². The molecule has 0 atom stereocenters. The second kappa shape index (κ2) is 47.2. The van der Waals surface area contributed by atoms with Gasteiger partial charge in [0.2, 0.25) is 29.4 Å². The van der Waals surface area contributed by atoms with Crippen LogP contribution in [0.25, 0.3) is 22.0 Å². The maximum absolute atomic E-state index is 14.3. The number of phenolic OH excluding ortho intramolecular Hbond substituents is 1. The summed E-state index contributed by atoms with van der Waals surface area (Å²) in [5.41, 5.74) is 2.58. The summed E-state index contributed by atoms with van der Waals surface area (Å²) in [7, 11) is 9.60. The highest BCUT2D eigenvalue weighted by atomic mass is 19.1. The summed E-state index contributed by atoms with van der Waals surface area (Å²) in [5.74, 6) is -3.97. The Morgan fingerprint density at radius 2 is 0.906 bits per heavy atom. The third-order valence-electron chi connectivity index (χ3n) is 19.3. The molecule has 9 amide bonds. The average Bonchev–Trinajstić information content (AvgIpc) is 1.48. The number of anilines is 5. The molecule has 3 aromatic carbocycles. The number of hydrogen-bond donors (Lipinski definition) is 12. The quantitative estimate of drug-likeness (QED) is 0.0206. The molecular formula is C86H108FN19O22. The Morgan fingerprint density at radius 1 is 0.445 bits per heavy atom. The van der Waals surface area contributed by atoms with Gasteiger partial charge in [0.1, 0.15) is 46.5 Å². The van der Waals surface area contributed by atoms with Gasteiger partial charge in [0.15, 0.2) is 29.0 Å². The lowest BCUT2D eigenvalue weighted by Crippen LogP contribution is -2.33. The van der Waals surface area contributed by atoms with Crippen molar-refractivity contribution < 1.29 is 105 Å². The molecule has 7 aromatic heterocycles. The first-order valence-electron chi connectivity index (χ1n) is 41.0. The highest BCUT2D eigenvalue weighted by Gasteiger charge is 2.27. The van der Waals surface area contributed by atoms with E-state index in [1.165, 1.54) is 84.0 Å². The molecule has 0 bridgehead atoms. The first kappa shape index (κ1) is 96.7. The first-order chi connectivity index (χ1) is 61.4. The molecular weight excluding hydrogens is 1670 g/mol. The number of amides is 9. The molecule has 10 rings (SSSR count). The standard InChI is InChI=1S/C86H108FN19O22/c1-53-41-56(87)42-54(2)75(53)128-67-13-11-55(86(3,4)118)43-60(67)62-50-106(10)85(117)74-61(62)47-63(96-74)79(111)93-57-12-14-68(66(107)46-57)127-40-39-126-38-37-125-36-35-124-34-33-123-32-31-122-30-29-121-28-27-120-26-25-119-24-22-88-71(108)15-18-92-82(114)77-99-69(51-104(77)8)97-72(109)16-19-91-81(113)65-45-59(49-103(65)7)95-84(116)78-100-70(52-105(78)9)98-73(110)17-20-90-80(112)64-44-58(48-102(64)6)94-83(115)76-89-21-23-101(76)5/h11-14,21,23,41-52,96,107,118H,15-20,22,24-40H2,1-10H3,(H,88,108)(H,90,112)(H,91,113)(H,92,114)(H,93,111)(H,94,115)(H,95,116)(H,97,109)(H,98,110). The predicted octanol–water partition coefficient (Wildman–Crippen LogP) is 5.61. The summed E-state index contributed by atoms with van der Waals surface area (Å²) < 4.78 is 79.6. The van der Waals surface area contributed by atoms with E-state index in [9.17, 15) is 62.5 Å². The van der Waals surface area contributed by atoms with Gasteiger partial charge in [-0.05, 0) is 99.0 Å². The van der Waals surface area contributed by atoms with Crippen molar-refractivity contribution in [3.63, 3.8) is 0 Å². The number of nitrogens with zero attached hydrogens (tertiary/aromatic N) is 9. The number of carbonyl (C=O) groups excluding carboxylic acids is 9. The van der Waals surface area contributed by atoms with Crippen LogP contribution in [0.15, 0.2) is 115 Å². The van der Waals surface area contributed by atoms with Gasteiger partial charge in [-0.25, -0.2) is 19.3 Å². The number of H-pyrrole nitrogens is 1. The molecule has 0 aliphatic carbocycles. The van der Waals surface area contributed by atoms with Gasteiger partial charge in [-0.1, -0.05) is 6.07 Å². The van der Waals surface area contributed by atoms with Crippen molar-refractivity contribution in [2.45, 2.75) is 52.6 Å². The molecule has 41 nitrogen and oxygen atoms in total. The highest BCUT2D eigenvalue weighted by molar-refractivity contribution is 6.09. The third-order valence-corrected chi connectivity index (χ3v) is 19.3. The van der Waals surface area contributed by atoms with Crippen molar-refractivity contribution in [1.82, 2.24) is 68.6 Å². The van der Waals surface area contributed by atoms with E-state index in [-0.39, 0.29) is 146 Å². The minimum absolute atomic E-state index is 0.00803. The van der Waals surface area contributed by atoms with E-state index in [0.717, 1.165) is 0 Å². The molecule has 128 heavy (non-hydrogen) atoms. The number of ether oxygens (including phenoxy) is 10. The molecule has 0 saturated heterocycles. The van der Waals surface area contributed by atoms with Gasteiger partial charge >= 0.3 is 0 Å². The molecule has 12 N–H and O–H groups in total. The van der Waals surface area contributed by atoms with Crippen molar-refractivity contribution in [1.29, 1.82) is 0 Å². The fourth-order valence-electron chi connectivity index (χ4n) is 12.9. The number of benzene rings is 3. The van der Waals surface area contributed by atoms with Crippen LogP contribution >= 0.6 is 0 Å². The number of aromatic nitrogens is 10. The average molecular weight is 1780 g/mol. The minimum Gasteiger partial charge on any atom is -0.504 e. The van der Waals surface area contributed by atoms with E-state index in [2.05, 4.69) is 67.8 Å². The predicted molar refractivity (Wildman–Crippen MR) is 466 cm³/mol. The number of phenols is 1. The summed E-state index contributed by atoms with van der Waals surface area (Å²) in [4.78, 5) is 146. The number of nitrogens with one attached hydrogen (secondary N) is 10. The molecule has 0 spiro atoms.